The number of benzene rings is 1. The number of Topliss-reactive ketones (excluding diaryl/α,β-unsaturated/α-hetero) is 1. The molecule has 0 bridgehead atoms. The van der Waals surface area contributed by atoms with Gasteiger partial charge in [-0.25, -0.2) is 0 Å². The average molecular weight is 314 g/mol. The van der Waals surface area contributed by atoms with Crippen molar-refractivity contribution in [2.24, 2.45) is 11.8 Å². The summed E-state index contributed by atoms with van der Waals surface area (Å²) in [7, 11) is 0. The second kappa shape index (κ2) is 7.44. The molecular formula is C19H26N2O2. The van der Waals surface area contributed by atoms with Gasteiger partial charge in [0.05, 0.1) is 12.5 Å². The molecule has 124 valence electrons. The number of H-pyrrole nitrogens is 1. The van der Waals surface area contributed by atoms with Crippen LogP contribution in [0.3, 0.4) is 0 Å². The van der Waals surface area contributed by atoms with Crippen LogP contribution in [0.2, 0.25) is 0 Å². The van der Waals surface area contributed by atoms with E-state index in [0.29, 0.717) is 12.3 Å². The number of carbonyl (C=O) groups excluding carboxylic acids is 2. The Morgan fingerprint density at radius 3 is 2.48 bits per heavy atom. The maximum absolute atomic E-state index is 12.4. The summed E-state index contributed by atoms with van der Waals surface area (Å²) in [5.74, 6) is 0.281. The number of carbonyl (C=O) groups is 2. The van der Waals surface area contributed by atoms with E-state index in [-0.39, 0.29) is 24.0 Å². The highest BCUT2D eigenvalue weighted by Gasteiger charge is 2.24. The quantitative estimate of drug-likeness (QED) is 0.822. The van der Waals surface area contributed by atoms with E-state index in [2.05, 4.69) is 24.1 Å². The number of fused-ring (bicyclic) bond motifs is 1. The van der Waals surface area contributed by atoms with E-state index in [1.54, 1.807) is 0 Å². The fourth-order valence-electron chi connectivity index (χ4n) is 2.82. The smallest absolute Gasteiger partial charge is 0.225 e. The third kappa shape index (κ3) is 4.44. The van der Waals surface area contributed by atoms with Gasteiger partial charge in [0.15, 0.2) is 5.78 Å². The zero-order chi connectivity index (χ0) is 17.0. The van der Waals surface area contributed by atoms with E-state index in [1.807, 2.05) is 44.3 Å². The molecule has 0 aliphatic rings. The lowest BCUT2D eigenvalue weighted by Gasteiger charge is -2.21. The Morgan fingerprint density at radius 2 is 1.83 bits per heavy atom. The van der Waals surface area contributed by atoms with Gasteiger partial charge < -0.3 is 10.3 Å². The molecule has 4 heteroatoms. The van der Waals surface area contributed by atoms with Crippen LogP contribution < -0.4 is 5.32 Å². The third-order valence-corrected chi connectivity index (χ3v) is 3.98. The van der Waals surface area contributed by atoms with Gasteiger partial charge in [0.25, 0.3) is 0 Å². The molecule has 4 nitrogen and oxygen atoms in total. The standard InChI is InChI=1S/C19H26N2O2/c1-12(2)9-17(19(23)13(3)4)21-18(22)10-14-11-20-16-8-6-5-7-15(14)16/h5-8,11-13,17,20H,9-10H2,1-4H3,(H,21,22). The summed E-state index contributed by atoms with van der Waals surface area (Å²) in [6.07, 6.45) is 2.83. The van der Waals surface area contributed by atoms with Crippen LogP contribution in [0, 0.1) is 11.8 Å². The molecule has 0 saturated heterocycles. The predicted molar refractivity (Wildman–Crippen MR) is 93.2 cm³/mol. The minimum atomic E-state index is -0.396. The Bertz CT molecular complexity index is 685. The van der Waals surface area contributed by atoms with Crippen LogP contribution in [0.1, 0.15) is 39.7 Å². The van der Waals surface area contributed by atoms with E-state index >= 15 is 0 Å². The summed E-state index contributed by atoms with van der Waals surface area (Å²) >= 11 is 0. The van der Waals surface area contributed by atoms with Crippen molar-refractivity contribution in [3.63, 3.8) is 0 Å². The van der Waals surface area contributed by atoms with Crippen molar-refractivity contribution in [2.75, 3.05) is 0 Å². The molecule has 23 heavy (non-hydrogen) atoms. The summed E-state index contributed by atoms with van der Waals surface area (Å²) in [4.78, 5) is 27.9. The van der Waals surface area contributed by atoms with E-state index in [1.165, 1.54) is 0 Å². The molecule has 0 aliphatic carbocycles. The van der Waals surface area contributed by atoms with Gasteiger partial charge in [-0.2, -0.15) is 0 Å². The number of para-hydroxylation sites is 1. The molecule has 1 heterocycles. The van der Waals surface area contributed by atoms with Gasteiger partial charge in [0, 0.05) is 23.0 Å². The van der Waals surface area contributed by atoms with Gasteiger partial charge in [-0.1, -0.05) is 45.9 Å². The molecule has 1 unspecified atom stereocenters. The van der Waals surface area contributed by atoms with Gasteiger partial charge in [-0.3, -0.25) is 9.59 Å². The van der Waals surface area contributed by atoms with E-state index < -0.39 is 6.04 Å². The lowest BCUT2D eigenvalue weighted by Crippen LogP contribution is -2.44. The van der Waals surface area contributed by atoms with Gasteiger partial charge >= 0.3 is 0 Å². The highest BCUT2D eigenvalue weighted by molar-refractivity contribution is 5.93. The van der Waals surface area contributed by atoms with Gasteiger partial charge in [0.2, 0.25) is 5.91 Å². The second-order valence-electron chi connectivity index (χ2n) is 6.84. The number of aromatic amines is 1. The fraction of sp³-hybridized carbons (Fsp3) is 0.474. The van der Waals surface area contributed by atoms with Gasteiger partial charge in [-0.15, -0.1) is 0 Å². The van der Waals surface area contributed by atoms with E-state index in [0.717, 1.165) is 16.5 Å². The fourth-order valence-corrected chi connectivity index (χ4v) is 2.82. The Labute approximate surface area is 137 Å². The molecule has 1 aromatic carbocycles. The highest BCUT2D eigenvalue weighted by Crippen LogP contribution is 2.18. The summed E-state index contributed by atoms with van der Waals surface area (Å²) in [5, 5.41) is 3.98. The first-order chi connectivity index (χ1) is 10.9. The first-order valence-electron chi connectivity index (χ1n) is 8.26. The minimum Gasteiger partial charge on any atom is -0.361 e. The first kappa shape index (κ1) is 17.3. The summed E-state index contributed by atoms with van der Waals surface area (Å²) < 4.78 is 0. The topological polar surface area (TPSA) is 62.0 Å². The van der Waals surface area contributed by atoms with Crippen LogP contribution in [0.5, 0.6) is 0 Å². The van der Waals surface area contributed by atoms with Crippen molar-refractivity contribution in [3.8, 4) is 0 Å². The number of rotatable bonds is 7. The molecule has 0 saturated carbocycles. The third-order valence-electron chi connectivity index (χ3n) is 3.98. The summed E-state index contributed by atoms with van der Waals surface area (Å²) in [6.45, 7) is 7.88. The molecule has 1 atom stereocenters. The molecular weight excluding hydrogens is 288 g/mol. The normalized spacial score (nSPS) is 12.8. The lowest BCUT2D eigenvalue weighted by atomic mass is 9.94. The molecule has 0 aliphatic heterocycles. The average Bonchev–Trinajstić information content (AvgIpc) is 2.88. The zero-order valence-corrected chi connectivity index (χ0v) is 14.3. The SMILES string of the molecule is CC(C)CC(NC(=O)Cc1c[nH]c2ccccc12)C(=O)C(C)C. The van der Waals surface area contributed by atoms with Crippen LogP contribution >= 0.6 is 0 Å². The summed E-state index contributed by atoms with van der Waals surface area (Å²) in [5.41, 5.74) is 1.98. The molecule has 1 amide bonds. The van der Waals surface area contributed by atoms with Crippen LogP contribution in [0.25, 0.3) is 10.9 Å². The van der Waals surface area contributed by atoms with Crippen molar-refractivity contribution in [2.45, 2.75) is 46.6 Å². The first-order valence-corrected chi connectivity index (χ1v) is 8.26. The Balaban J connectivity index is 2.08. The highest BCUT2D eigenvalue weighted by atomic mass is 16.2. The van der Waals surface area contributed by atoms with Gasteiger partial charge in [-0.05, 0) is 24.0 Å². The van der Waals surface area contributed by atoms with Crippen LogP contribution in [0.15, 0.2) is 30.5 Å². The maximum Gasteiger partial charge on any atom is 0.225 e. The van der Waals surface area contributed by atoms with Crippen molar-refractivity contribution < 1.29 is 9.59 Å². The second-order valence-corrected chi connectivity index (χ2v) is 6.84. The Morgan fingerprint density at radius 1 is 1.13 bits per heavy atom. The number of nitrogens with one attached hydrogen (secondary N) is 2. The van der Waals surface area contributed by atoms with Crippen LogP contribution in [-0.2, 0) is 16.0 Å². The molecule has 0 spiro atoms. The number of hydrogen-bond acceptors (Lipinski definition) is 2. The van der Waals surface area contributed by atoms with E-state index in [4.69, 9.17) is 0 Å². The Kier molecular flexibility index (Phi) is 5.59. The Hall–Kier alpha value is -2.10. The molecule has 2 aromatic rings. The number of amides is 1. The predicted octanol–water partition coefficient (Wildman–Crippen LogP) is 3.47. The van der Waals surface area contributed by atoms with Crippen molar-refractivity contribution in [3.05, 3.63) is 36.0 Å². The molecule has 0 radical (unpaired) electrons. The molecule has 1 aromatic heterocycles. The maximum atomic E-state index is 12.4. The number of ketones is 1. The van der Waals surface area contributed by atoms with Crippen LogP contribution in [0.4, 0.5) is 0 Å². The summed E-state index contributed by atoms with van der Waals surface area (Å²) in [6, 6.07) is 7.51. The zero-order valence-electron chi connectivity index (χ0n) is 14.3. The van der Waals surface area contributed by atoms with Crippen molar-refractivity contribution in [1.29, 1.82) is 0 Å². The lowest BCUT2D eigenvalue weighted by molar-refractivity contribution is -0.129. The number of hydrogen-bond donors (Lipinski definition) is 2. The molecule has 2 rings (SSSR count). The largest absolute Gasteiger partial charge is 0.361 e. The molecule has 0 fully saturated rings. The van der Waals surface area contributed by atoms with Crippen molar-refractivity contribution in [1.82, 2.24) is 10.3 Å². The number of aromatic nitrogens is 1. The molecule has 2 N–H and O–H groups in total. The van der Waals surface area contributed by atoms with Gasteiger partial charge in [0.1, 0.15) is 0 Å². The van der Waals surface area contributed by atoms with Crippen molar-refractivity contribution >= 4 is 22.6 Å². The minimum absolute atomic E-state index is 0.0767. The van der Waals surface area contributed by atoms with E-state index in [9.17, 15) is 9.59 Å². The monoisotopic (exact) mass is 314 g/mol. The van der Waals surface area contributed by atoms with Crippen LogP contribution in [-0.4, -0.2) is 22.7 Å².